The molecule has 2 aromatic rings. The summed E-state index contributed by atoms with van der Waals surface area (Å²) in [7, 11) is 1.21. The lowest BCUT2D eigenvalue weighted by atomic mass is 9.74. The van der Waals surface area contributed by atoms with E-state index in [0.717, 1.165) is 5.56 Å². The van der Waals surface area contributed by atoms with Gasteiger partial charge in [-0.15, -0.1) is 0 Å². The Morgan fingerprint density at radius 3 is 2.66 bits per heavy atom. The maximum absolute atomic E-state index is 13.6. The zero-order valence-corrected chi connectivity index (χ0v) is 16.0. The molecule has 0 saturated carbocycles. The van der Waals surface area contributed by atoms with E-state index >= 15 is 0 Å². The summed E-state index contributed by atoms with van der Waals surface area (Å²) in [6.07, 6.45) is 0.220. The van der Waals surface area contributed by atoms with Crippen molar-refractivity contribution in [3.8, 4) is 0 Å². The topological polar surface area (TPSA) is 99.0 Å². The van der Waals surface area contributed by atoms with Crippen molar-refractivity contribution < 1.29 is 24.0 Å². The Bertz CT molecular complexity index is 1010. The number of anilines is 1. The number of para-hydroxylation sites is 2. The fourth-order valence-electron chi connectivity index (χ4n) is 4.39. The van der Waals surface area contributed by atoms with Gasteiger partial charge in [0.1, 0.15) is 11.6 Å². The highest BCUT2D eigenvalue weighted by atomic mass is 16.6. The third kappa shape index (κ3) is 2.96. The molecule has 4 rings (SSSR count). The van der Waals surface area contributed by atoms with Crippen molar-refractivity contribution >= 4 is 23.3 Å². The van der Waals surface area contributed by atoms with Gasteiger partial charge in [-0.1, -0.05) is 36.4 Å². The van der Waals surface area contributed by atoms with E-state index < -0.39 is 34.4 Å². The van der Waals surface area contributed by atoms with Crippen molar-refractivity contribution in [2.75, 3.05) is 12.0 Å². The summed E-state index contributed by atoms with van der Waals surface area (Å²) in [6, 6.07) is 13.5. The first kappa shape index (κ1) is 19.1. The van der Waals surface area contributed by atoms with Gasteiger partial charge in [-0.05, 0) is 13.0 Å². The Morgan fingerprint density at radius 2 is 1.93 bits per heavy atom. The average Bonchev–Trinajstić information content (AvgIpc) is 2.72. The van der Waals surface area contributed by atoms with Crippen molar-refractivity contribution in [3.63, 3.8) is 0 Å². The number of carbonyl (C=O) groups is 2. The van der Waals surface area contributed by atoms with Crippen molar-refractivity contribution in [2.24, 2.45) is 5.92 Å². The number of methoxy groups -OCH3 is 1. The molecule has 29 heavy (non-hydrogen) atoms. The highest BCUT2D eigenvalue weighted by molar-refractivity contribution is 6.09. The zero-order chi connectivity index (χ0) is 20.8. The quantitative estimate of drug-likeness (QED) is 0.342. The molecule has 0 spiro atoms. The van der Waals surface area contributed by atoms with Gasteiger partial charge < -0.3 is 9.47 Å². The molecule has 8 heteroatoms. The first-order valence-electron chi connectivity index (χ1n) is 9.24. The van der Waals surface area contributed by atoms with Crippen LogP contribution in [0.5, 0.6) is 0 Å². The molecule has 0 bridgehead atoms. The van der Waals surface area contributed by atoms with Gasteiger partial charge in [0.2, 0.25) is 5.91 Å². The molecule has 8 nitrogen and oxygen atoms in total. The largest absolute Gasteiger partial charge is 0.468 e. The van der Waals surface area contributed by atoms with E-state index in [1.807, 2.05) is 24.3 Å². The molecule has 150 valence electrons. The van der Waals surface area contributed by atoms with Crippen LogP contribution in [0.1, 0.15) is 30.4 Å². The molecule has 3 atom stereocenters. The number of nitrogens with zero attached hydrogens (tertiary/aromatic N) is 2. The van der Waals surface area contributed by atoms with E-state index in [9.17, 15) is 19.7 Å². The second-order valence-corrected chi connectivity index (χ2v) is 7.39. The molecule has 0 aliphatic carbocycles. The number of nitro benzene ring substituents is 1. The number of nitro groups is 1. The smallest absolute Gasteiger partial charge is 0.318 e. The highest BCUT2D eigenvalue weighted by Crippen LogP contribution is 2.49. The number of amides is 1. The van der Waals surface area contributed by atoms with Crippen LogP contribution in [-0.4, -0.2) is 29.6 Å². The molecule has 1 amide bonds. The lowest BCUT2D eigenvalue weighted by Crippen LogP contribution is -2.62. The Labute approximate surface area is 167 Å². The molecule has 0 radical (unpaired) electrons. The van der Waals surface area contributed by atoms with E-state index in [1.165, 1.54) is 18.1 Å². The summed E-state index contributed by atoms with van der Waals surface area (Å²) in [5.74, 6) is -3.16. The van der Waals surface area contributed by atoms with Crippen LogP contribution in [0.25, 0.3) is 0 Å². The van der Waals surface area contributed by atoms with Crippen LogP contribution >= 0.6 is 0 Å². The SMILES string of the molecule is COC(=O)[C@H]1C(=O)N2c3ccccc3CO[C@]2(C)C[C@@H]1c1ccccc1[N+](=O)[O-]. The Morgan fingerprint density at radius 1 is 1.24 bits per heavy atom. The number of benzene rings is 2. The second kappa shape index (κ2) is 6.97. The third-order valence-corrected chi connectivity index (χ3v) is 5.72. The molecule has 2 aliphatic rings. The summed E-state index contributed by atoms with van der Waals surface area (Å²) in [5.41, 5.74) is 0.675. The maximum Gasteiger partial charge on any atom is 0.318 e. The molecular weight excluding hydrogens is 376 g/mol. The van der Waals surface area contributed by atoms with Gasteiger partial charge in [0.05, 0.1) is 24.3 Å². The Hall–Kier alpha value is -3.26. The van der Waals surface area contributed by atoms with Gasteiger partial charge in [-0.3, -0.25) is 24.6 Å². The second-order valence-electron chi connectivity index (χ2n) is 7.39. The van der Waals surface area contributed by atoms with Gasteiger partial charge in [0.15, 0.2) is 0 Å². The zero-order valence-electron chi connectivity index (χ0n) is 16.0. The molecule has 0 aromatic heterocycles. The van der Waals surface area contributed by atoms with E-state index in [-0.39, 0.29) is 12.1 Å². The van der Waals surface area contributed by atoms with Crippen LogP contribution in [0.15, 0.2) is 48.5 Å². The standard InChI is InChI=1S/C21H20N2O6/c1-21-11-15(14-8-4-6-10-17(14)23(26)27)18(20(25)28-2)19(24)22(21)16-9-5-3-7-13(16)12-29-21/h3-10,15,18H,11-12H2,1-2H3/t15-,18-,21-/m1/s1. The number of hydrogen-bond donors (Lipinski definition) is 0. The first-order valence-corrected chi connectivity index (χ1v) is 9.24. The fraction of sp³-hybridized carbons (Fsp3) is 0.333. The summed E-state index contributed by atoms with van der Waals surface area (Å²) in [6.45, 7) is 2.08. The fourth-order valence-corrected chi connectivity index (χ4v) is 4.39. The lowest BCUT2D eigenvalue weighted by Gasteiger charge is -2.51. The number of fused-ring (bicyclic) bond motifs is 3. The van der Waals surface area contributed by atoms with E-state index in [4.69, 9.17) is 9.47 Å². The number of piperidine rings is 1. The normalized spacial score (nSPS) is 25.7. The van der Waals surface area contributed by atoms with Gasteiger partial charge in [0, 0.05) is 29.5 Å². The maximum atomic E-state index is 13.6. The van der Waals surface area contributed by atoms with Gasteiger partial charge in [-0.25, -0.2) is 0 Å². The lowest BCUT2D eigenvalue weighted by molar-refractivity contribution is -0.385. The average molecular weight is 396 g/mol. The Kier molecular flexibility index (Phi) is 4.58. The number of carbonyl (C=O) groups excluding carboxylic acids is 2. The van der Waals surface area contributed by atoms with Gasteiger partial charge in [-0.2, -0.15) is 0 Å². The van der Waals surface area contributed by atoms with Gasteiger partial charge >= 0.3 is 5.97 Å². The van der Waals surface area contributed by atoms with Crippen molar-refractivity contribution in [3.05, 3.63) is 69.8 Å². The molecule has 1 saturated heterocycles. The van der Waals surface area contributed by atoms with Crippen LogP contribution < -0.4 is 4.90 Å². The minimum absolute atomic E-state index is 0.132. The summed E-state index contributed by atoms with van der Waals surface area (Å²) in [5, 5.41) is 11.6. The number of ether oxygens (including phenoxy) is 2. The molecule has 2 aromatic carbocycles. The number of esters is 1. The molecular formula is C21H20N2O6. The van der Waals surface area contributed by atoms with Crippen LogP contribution in [-0.2, 0) is 25.7 Å². The molecule has 2 aliphatic heterocycles. The van der Waals surface area contributed by atoms with Crippen LogP contribution in [0.4, 0.5) is 11.4 Å². The third-order valence-electron chi connectivity index (χ3n) is 5.72. The van der Waals surface area contributed by atoms with E-state index in [0.29, 0.717) is 17.9 Å². The molecule has 1 fully saturated rings. The highest BCUT2D eigenvalue weighted by Gasteiger charge is 2.56. The van der Waals surface area contributed by atoms with Gasteiger partial charge in [0.25, 0.3) is 5.69 Å². The minimum Gasteiger partial charge on any atom is -0.468 e. The summed E-state index contributed by atoms with van der Waals surface area (Å²) in [4.78, 5) is 38.8. The Balaban J connectivity index is 1.87. The van der Waals surface area contributed by atoms with Crippen LogP contribution in [0, 0.1) is 16.0 Å². The van der Waals surface area contributed by atoms with E-state index in [1.54, 1.807) is 25.1 Å². The van der Waals surface area contributed by atoms with Crippen molar-refractivity contribution in [2.45, 2.75) is 31.6 Å². The predicted molar refractivity (Wildman–Crippen MR) is 103 cm³/mol. The van der Waals surface area contributed by atoms with Crippen molar-refractivity contribution in [1.82, 2.24) is 0 Å². The van der Waals surface area contributed by atoms with E-state index in [2.05, 4.69) is 0 Å². The molecule has 2 heterocycles. The van der Waals surface area contributed by atoms with Crippen LogP contribution in [0.2, 0.25) is 0 Å². The first-order chi connectivity index (χ1) is 13.9. The molecule has 0 unspecified atom stereocenters. The summed E-state index contributed by atoms with van der Waals surface area (Å²) >= 11 is 0. The number of hydrogen-bond acceptors (Lipinski definition) is 6. The molecule has 0 N–H and O–H groups in total. The summed E-state index contributed by atoms with van der Waals surface area (Å²) < 4.78 is 11.0. The van der Waals surface area contributed by atoms with Crippen molar-refractivity contribution in [1.29, 1.82) is 0 Å². The number of rotatable bonds is 3. The predicted octanol–water partition coefficient (Wildman–Crippen LogP) is 3.15. The van der Waals surface area contributed by atoms with Crippen LogP contribution in [0.3, 0.4) is 0 Å². The monoisotopic (exact) mass is 396 g/mol. The minimum atomic E-state index is -1.20.